The van der Waals surface area contributed by atoms with Crippen molar-refractivity contribution >= 4 is 33.5 Å². The molecule has 4 aromatic rings. The zero-order valence-corrected chi connectivity index (χ0v) is 18.9. The highest BCUT2D eigenvalue weighted by Gasteiger charge is 2.27. The van der Waals surface area contributed by atoms with E-state index in [1.807, 2.05) is 26.1 Å². The number of carbonyl (C=O) groups is 1. The molecule has 1 fully saturated rings. The van der Waals surface area contributed by atoms with Gasteiger partial charge in [-0.25, -0.2) is 4.98 Å². The van der Waals surface area contributed by atoms with Crippen LogP contribution >= 0.6 is 0 Å². The number of nitrogens with one attached hydrogen (secondary N) is 1. The lowest BCUT2D eigenvalue weighted by molar-refractivity contribution is -0.115. The van der Waals surface area contributed by atoms with E-state index in [4.69, 9.17) is 9.72 Å². The summed E-state index contributed by atoms with van der Waals surface area (Å²) in [6.45, 7) is 4.58. The molecule has 1 aromatic carbocycles. The Kier molecular flexibility index (Phi) is 5.30. The van der Waals surface area contributed by atoms with Gasteiger partial charge in [0.05, 0.1) is 52.8 Å². The minimum atomic E-state index is -0.155. The summed E-state index contributed by atoms with van der Waals surface area (Å²) in [4.78, 5) is 22.4. The van der Waals surface area contributed by atoms with Crippen molar-refractivity contribution in [2.45, 2.75) is 45.3 Å². The number of carbonyl (C=O) groups excluding carboxylic acids is 1. The first-order chi connectivity index (χ1) is 15.9. The number of amides is 1. The molecule has 9 nitrogen and oxygen atoms in total. The summed E-state index contributed by atoms with van der Waals surface area (Å²) in [6.07, 6.45) is 5.42. The molecule has 0 aliphatic carbocycles. The van der Waals surface area contributed by atoms with Crippen LogP contribution < -0.4 is 5.32 Å². The Morgan fingerprint density at radius 2 is 2.21 bits per heavy atom. The summed E-state index contributed by atoms with van der Waals surface area (Å²) in [6, 6.07) is 7.83. The van der Waals surface area contributed by atoms with Crippen molar-refractivity contribution in [3.63, 3.8) is 0 Å². The Morgan fingerprint density at radius 3 is 2.94 bits per heavy atom. The summed E-state index contributed by atoms with van der Waals surface area (Å²) < 4.78 is 9.63. The molecule has 1 aliphatic rings. The van der Waals surface area contributed by atoms with Crippen LogP contribution in [0.15, 0.2) is 30.6 Å². The summed E-state index contributed by atoms with van der Waals surface area (Å²) >= 11 is 0. The molecule has 0 unspecified atom stereocenters. The van der Waals surface area contributed by atoms with Crippen LogP contribution in [-0.2, 0) is 23.0 Å². The highest BCUT2D eigenvalue weighted by molar-refractivity contribution is 6.03. The summed E-state index contributed by atoms with van der Waals surface area (Å²) in [5, 5.41) is 17.6. The van der Waals surface area contributed by atoms with Crippen LogP contribution in [0.5, 0.6) is 0 Å². The van der Waals surface area contributed by atoms with Crippen LogP contribution in [0, 0.1) is 18.3 Å². The molecule has 5 rings (SSSR count). The molecule has 9 heteroatoms. The van der Waals surface area contributed by atoms with Crippen molar-refractivity contribution in [3.05, 3.63) is 47.7 Å². The number of fused-ring (bicyclic) bond motifs is 3. The van der Waals surface area contributed by atoms with E-state index in [9.17, 15) is 10.1 Å². The van der Waals surface area contributed by atoms with Crippen LogP contribution in [0.2, 0.25) is 0 Å². The third-order valence-electron chi connectivity index (χ3n) is 6.15. The minimum Gasteiger partial charge on any atom is -0.378 e. The summed E-state index contributed by atoms with van der Waals surface area (Å²) in [5.74, 6) is 0.526. The number of nitrogens with zero attached hydrogens (tertiary/aromatic N) is 6. The van der Waals surface area contributed by atoms with Gasteiger partial charge in [-0.05, 0) is 44.9 Å². The lowest BCUT2D eigenvalue weighted by atomic mass is 10.0. The van der Waals surface area contributed by atoms with Gasteiger partial charge in [0.15, 0.2) is 0 Å². The summed E-state index contributed by atoms with van der Waals surface area (Å²) in [7, 11) is 1.82. The van der Waals surface area contributed by atoms with Crippen molar-refractivity contribution < 1.29 is 9.53 Å². The Labute approximate surface area is 191 Å². The Hall–Kier alpha value is -3.77. The van der Waals surface area contributed by atoms with E-state index in [1.165, 1.54) is 0 Å². The Bertz CT molecular complexity index is 1410. The molecule has 0 saturated carbocycles. The van der Waals surface area contributed by atoms with Gasteiger partial charge < -0.3 is 14.6 Å². The molecule has 0 bridgehead atoms. The van der Waals surface area contributed by atoms with Crippen LogP contribution in [-0.4, -0.2) is 42.9 Å². The van der Waals surface area contributed by atoms with E-state index in [1.54, 1.807) is 23.1 Å². The second-order valence-electron chi connectivity index (χ2n) is 8.62. The summed E-state index contributed by atoms with van der Waals surface area (Å²) in [5.41, 5.74) is 4.45. The molecule has 0 radical (unpaired) electrons. The average Bonchev–Trinajstić information content (AvgIpc) is 3.31. The number of benzene rings is 1. The monoisotopic (exact) mass is 443 g/mol. The van der Waals surface area contributed by atoms with E-state index in [2.05, 4.69) is 33.0 Å². The molecular formula is C24H25N7O2. The maximum absolute atomic E-state index is 13.0. The van der Waals surface area contributed by atoms with E-state index >= 15 is 0 Å². The Morgan fingerprint density at radius 1 is 1.36 bits per heavy atom. The third-order valence-corrected chi connectivity index (χ3v) is 6.15. The fourth-order valence-electron chi connectivity index (χ4n) is 4.68. The van der Waals surface area contributed by atoms with Crippen molar-refractivity contribution in [1.82, 2.24) is 24.3 Å². The molecule has 33 heavy (non-hydrogen) atoms. The highest BCUT2D eigenvalue weighted by atomic mass is 16.5. The minimum absolute atomic E-state index is 0.115. The number of hydrogen-bond donors (Lipinski definition) is 1. The van der Waals surface area contributed by atoms with E-state index in [-0.39, 0.29) is 24.5 Å². The van der Waals surface area contributed by atoms with Gasteiger partial charge in [-0.15, -0.1) is 0 Å². The van der Waals surface area contributed by atoms with Crippen LogP contribution in [0.4, 0.5) is 5.69 Å². The molecule has 1 aliphatic heterocycles. The van der Waals surface area contributed by atoms with Gasteiger partial charge in [-0.3, -0.25) is 14.5 Å². The predicted molar refractivity (Wildman–Crippen MR) is 124 cm³/mol. The highest BCUT2D eigenvalue weighted by Crippen LogP contribution is 2.34. The number of ether oxygens (including phenoxy) is 1. The smallest absolute Gasteiger partial charge is 0.232 e. The van der Waals surface area contributed by atoms with E-state index in [0.717, 1.165) is 40.5 Å². The average molecular weight is 444 g/mol. The molecule has 1 saturated heterocycles. The first kappa shape index (κ1) is 21.1. The van der Waals surface area contributed by atoms with Crippen molar-refractivity contribution in [2.24, 2.45) is 7.05 Å². The maximum Gasteiger partial charge on any atom is 0.232 e. The van der Waals surface area contributed by atoms with Gasteiger partial charge in [-0.2, -0.15) is 10.4 Å². The van der Waals surface area contributed by atoms with Crippen molar-refractivity contribution in [2.75, 3.05) is 11.9 Å². The van der Waals surface area contributed by atoms with Gasteiger partial charge in [0, 0.05) is 31.3 Å². The van der Waals surface area contributed by atoms with Gasteiger partial charge in [-0.1, -0.05) is 0 Å². The largest absolute Gasteiger partial charge is 0.378 e. The fourth-order valence-corrected chi connectivity index (χ4v) is 4.68. The SMILES string of the molecule is Cc1nn(C)cc1NC(=O)Cc1nc2cnc3ccc(C#N)cc3c2n1[C@@H]1CCO[C@H](C)C1. The van der Waals surface area contributed by atoms with Gasteiger partial charge in [0.1, 0.15) is 11.3 Å². The van der Waals surface area contributed by atoms with Gasteiger partial charge >= 0.3 is 0 Å². The van der Waals surface area contributed by atoms with Crippen molar-refractivity contribution in [1.29, 1.82) is 5.26 Å². The van der Waals surface area contributed by atoms with Crippen LogP contribution in [0.1, 0.15) is 42.9 Å². The molecule has 1 amide bonds. The second-order valence-corrected chi connectivity index (χ2v) is 8.62. The molecule has 2 atom stereocenters. The lowest BCUT2D eigenvalue weighted by Gasteiger charge is -2.30. The molecular weight excluding hydrogens is 418 g/mol. The lowest BCUT2D eigenvalue weighted by Crippen LogP contribution is -2.27. The zero-order chi connectivity index (χ0) is 23.1. The van der Waals surface area contributed by atoms with Crippen LogP contribution in [0.25, 0.3) is 21.9 Å². The molecule has 168 valence electrons. The van der Waals surface area contributed by atoms with Crippen molar-refractivity contribution in [3.8, 4) is 6.07 Å². The number of anilines is 1. The Balaban J connectivity index is 1.62. The normalized spacial score (nSPS) is 18.5. The maximum atomic E-state index is 13.0. The van der Waals surface area contributed by atoms with E-state index in [0.29, 0.717) is 23.7 Å². The number of aromatic nitrogens is 5. The molecule has 3 aromatic heterocycles. The first-order valence-corrected chi connectivity index (χ1v) is 11.0. The number of imidazole rings is 1. The number of rotatable bonds is 4. The standard InChI is InChI=1S/C24H25N7O2/c1-14-8-17(6-7-33-14)31-22(10-23(32)28-21-13-30(3)29-15(21)2)27-20-12-26-19-5-4-16(11-25)9-18(19)24(20)31/h4-5,9,12-14,17H,6-8,10H2,1-3H3,(H,28,32)/t14-,17-/m1/s1. The molecule has 0 spiro atoms. The van der Waals surface area contributed by atoms with Crippen LogP contribution in [0.3, 0.4) is 0 Å². The van der Waals surface area contributed by atoms with Gasteiger partial charge in [0.2, 0.25) is 5.91 Å². The number of hydrogen-bond acceptors (Lipinski definition) is 6. The number of nitriles is 1. The predicted octanol–water partition coefficient (Wildman–Crippen LogP) is 3.42. The fraction of sp³-hybridized carbons (Fsp3) is 0.375. The number of aryl methyl sites for hydroxylation is 2. The molecule has 1 N–H and O–H groups in total. The zero-order valence-electron chi connectivity index (χ0n) is 18.9. The number of pyridine rings is 1. The van der Waals surface area contributed by atoms with Gasteiger partial charge in [0.25, 0.3) is 0 Å². The third kappa shape index (κ3) is 3.94. The first-order valence-electron chi connectivity index (χ1n) is 11.0. The second kappa shape index (κ2) is 8.30. The van der Waals surface area contributed by atoms with E-state index < -0.39 is 0 Å². The topological polar surface area (TPSA) is 111 Å². The molecule has 4 heterocycles. The quantitative estimate of drug-likeness (QED) is 0.517.